The summed E-state index contributed by atoms with van der Waals surface area (Å²) in [5, 5.41) is 2.96. The summed E-state index contributed by atoms with van der Waals surface area (Å²) in [4.78, 5) is 4.30. The predicted molar refractivity (Wildman–Crippen MR) is 65.3 cm³/mol. The lowest BCUT2D eigenvalue weighted by Gasteiger charge is -1.99. The number of benzene rings is 1. The second-order valence-corrected chi connectivity index (χ2v) is 4.26. The summed E-state index contributed by atoms with van der Waals surface area (Å²) in [6, 6.07) is 12.0. The van der Waals surface area contributed by atoms with E-state index in [9.17, 15) is 0 Å². The Morgan fingerprint density at radius 2 is 1.94 bits per heavy atom. The Morgan fingerprint density at radius 1 is 1.06 bits per heavy atom. The van der Waals surface area contributed by atoms with E-state index in [1.54, 1.807) is 17.6 Å². The number of rotatable bonds is 2. The molecule has 0 aliphatic carbocycles. The maximum atomic E-state index is 5.54. The monoisotopic (exact) mass is 227 g/mol. The number of furan rings is 1. The molecule has 3 rings (SSSR count). The molecule has 0 spiro atoms. The van der Waals surface area contributed by atoms with Crippen LogP contribution in [0.3, 0.4) is 0 Å². The summed E-state index contributed by atoms with van der Waals surface area (Å²) in [7, 11) is 0. The normalized spacial score (nSPS) is 10.5. The summed E-state index contributed by atoms with van der Waals surface area (Å²) < 4.78 is 5.54. The van der Waals surface area contributed by atoms with Crippen LogP contribution in [0.4, 0.5) is 0 Å². The number of hydrogen-bond donors (Lipinski definition) is 0. The van der Waals surface area contributed by atoms with E-state index < -0.39 is 0 Å². The van der Waals surface area contributed by atoms with E-state index in [4.69, 9.17) is 4.42 Å². The zero-order chi connectivity index (χ0) is 10.8. The summed E-state index contributed by atoms with van der Waals surface area (Å²) in [6.45, 7) is 0. The molecule has 0 amide bonds. The summed E-state index contributed by atoms with van der Waals surface area (Å²) in [6.07, 6.45) is 3.51. The van der Waals surface area contributed by atoms with Gasteiger partial charge in [-0.2, -0.15) is 0 Å². The average molecular weight is 227 g/mol. The van der Waals surface area contributed by atoms with E-state index in [0.717, 1.165) is 21.9 Å². The van der Waals surface area contributed by atoms with Crippen molar-refractivity contribution in [1.82, 2.24) is 4.98 Å². The highest BCUT2D eigenvalue weighted by atomic mass is 32.1. The van der Waals surface area contributed by atoms with Crippen LogP contribution in [-0.2, 0) is 0 Å². The number of thiazole rings is 1. The molecule has 0 saturated carbocycles. The molecule has 1 aromatic carbocycles. The van der Waals surface area contributed by atoms with Crippen LogP contribution < -0.4 is 0 Å². The molecule has 3 aromatic rings. The summed E-state index contributed by atoms with van der Waals surface area (Å²) in [5.41, 5.74) is 2.14. The number of aromatic nitrogens is 1. The quantitative estimate of drug-likeness (QED) is 0.659. The van der Waals surface area contributed by atoms with E-state index in [2.05, 4.69) is 4.98 Å². The van der Waals surface area contributed by atoms with Gasteiger partial charge in [0.2, 0.25) is 0 Å². The second kappa shape index (κ2) is 3.94. The molecule has 2 nitrogen and oxygen atoms in total. The second-order valence-electron chi connectivity index (χ2n) is 3.37. The molecule has 0 fully saturated rings. The van der Waals surface area contributed by atoms with Gasteiger partial charge in [-0.25, -0.2) is 4.98 Å². The molecule has 0 aliphatic rings. The van der Waals surface area contributed by atoms with E-state index in [-0.39, 0.29) is 0 Å². The van der Waals surface area contributed by atoms with E-state index in [0.29, 0.717) is 0 Å². The third kappa shape index (κ3) is 1.55. The van der Waals surface area contributed by atoms with Gasteiger partial charge in [0.05, 0.1) is 11.8 Å². The Kier molecular flexibility index (Phi) is 2.31. The highest BCUT2D eigenvalue weighted by molar-refractivity contribution is 7.13. The molecule has 0 unspecified atom stereocenters. The molecule has 2 heterocycles. The largest absolute Gasteiger partial charge is 0.464 e. The van der Waals surface area contributed by atoms with Gasteiger partial charge in [0.25, 0.3) is 0 Å². The highest BCUT2D eigenvalue weighted by Gasteiger charge is 2.12. The summed E-state index contributed by atoms with van der Waals surface area (Å²) >= 11 is 1.62. The first-order valence-corrected chi connectivity index (χ1v) is 5.86. The lowest BCUT2D eigenvalue weighted by molar-refractivity contribution is 0.583. The van der Waals surface area contributed by atoms with Gasteiger partial charge < -0.3 is 4.42 Å². The summed E-state index contributed by atoms with van der Waals surface area (Å²) in [5.74, 6) is 0.885. The topological polar surface area (TPSA) is 26.0 Å². The zero-order valence-electron chi connectivity index (χ0n) is 8.46. The van der Waals surface area contributed by atoms with Crippen molar-refractivity contribution in [2.75, 3.05) is 0 Å². The van der Waals surface area contributed by atoms with E-state index in [1.807, 2.05) is 48.0 Å². The van der Waals surface area contributed by atoms with Gasteiger partial charge in [-0.3, -0.25) is 0 Å². The standard InChI is InChI=1S/C13H9NOS/c1-2-4-10(5-3-1)12-11(6-8-15-12)13-14-7-9-16-13/h1-9H. The predicted octanol–water partition coefficient (Wildman–Crippen LogP) is 4.07. The Balaban J connectivity index is 2.14. The molecule has 78 valence electrons. The van der Waals surface area contributed by atoms with Crippen LogP contribution in [0, 0.1) is 0 Å². The Morgan fingerprint density at radius 3 is 2.69 bits per heavy atom. The maximum absolute atomic E-state index is 5.54. The van der Waals surface area contributed by atoms with Crippen LogP contribution in [0.1, 0.15) is 0 Å². The van der Waals surface area contributed by atoms with Crippen molar-refractivity contribution in [3.05, 3.63) is 54.2 Å². The molecular weight excluding hydrogens is 218 g/mol. The smallest absolute Gasteiger partial charge is 0.144 e. The van der Waals surface area contributed by atoms with E-state index in [1.165, 1.54) is 0 Å². The van der Waals surface area contributed by atoms with Gasteiger partial charge >= 0.3 is 0 Å². The lowest BCUT2D eigenvalue weighted by Crippen LogP contribution is -1.77. The van der Waals surface area contributed by atoms with Crippen molar-refractivity contribution in [2.45, 2.75) is 0 Å². The molecule has 3 heteroatoms. The van der Waals surface area contributed by atoms with Crippen LogP contribution >= 0.6 is 11.3 Å². The first kappa shape index (κ1) is 9.36. The molecule has 0 N–H and O–H groups in total. The van der Waals surface area contributed by atoms with Gasteiger partial charge in [0.15, 0.2) is 0 Å². The fourth-order valence-corrected chi connectivity index (χ4v) is 2.31. The fourth-order valence-electron chi connectivity index (χ4n) is 1.65. The van der Waals surface area contributed by atoms with Crippen molar-refractivity contribution in [2.24, 2.45) is 0 Å². The molecular formula is C13H9NOS. The minimum Gasteiger partial charge on any atom is -0.464 e. The Labute approximate surface area is 97.2 Å². The molecule has 2 aromatic heterocycles. The first-order valence-electron chi connectivity index (χ1n) is 4.98. The van der Waals surface area contributed by atoms with Crippen LogP contribution in [0.5, 0.6) is 0 Å². The molecule has 0 radical (unpaired) electrons. The van der Waals surface area contributed by atoms with Gasteiger partial charge in [-0.05, 0) is 6.07 Å². The van der Waals surface area contributed by atoms with Gasteiger partial charge in [-0.1, -0.05) is 30.3 Å². The molecule has 0 atom stereocenters. The van der Waals surface area contributed by atoms with Gasteiger partial charge in [0.1, 0.15) is 10.8 Å². The number of hydrogen-bond acceptors (Lipinski definition) is 3. The van der Waals surface area contributed by atoms with E-state index >= 15 is 0 Å². The van der Waals surface area contributed by atoms with Crippen molar-refractivity contribution in [3.63, 3.8) is 0 Å². The van der Waals surface area contributed by atoms with Crippen molar-refractivity contribution < 1.29 is 4.42 Å². The van der Waals surface area contributed by atoms with Gasteiger partial charge in [0, 0.05) is 17.1 Å². The van der Waals surface area contributed by atoms with Crippen LogP contribution in [0.25, 0.3) is 21.9 Å². The fraction of sp³-hybridized carbons (Fsp3) is 0. The van der Waals surface area contributed by atoms with Crippen molar-refractivity contribution in [1.29, 1.82) is 0 Å². The van der Waals surface area contributed by atoms with Gasteiger partial charge in [-0.15, -0.1) is 11.3 Å². The minimum atomic E-state index is 0.885. The Hall–Kier alpha value is -1.87. The highest BCUT2D eigenvalue weighted by Crippen LogP contribution is 2.33. The molecule has 0 aliphatic heterocycles. The van der Waals surface area contributed by atoms with Crippen LogP contribution in [0.2, 0.25) is 0 Å². The third-order valence-electron chi connectivity index (χ3n) is 2.36. The maximum Gasteiger partial charge on any atom is 0.144 e. The minimum absolute atomic E-state index is 0.885. The molecule has 0 saturated heterocycles. The van der Waals surface area contributed by atoms with Crippen LogP contribution in [-0.4, -0.2) is 4.98 Å². The molecule has 0 bridgehead atoms. The Bertz CT molecular complexity index is 569. The van der Waals surface area contributed by atoms with Crippen molar-refractivity contribution >= 4 is 11.3 Å². The lowest BCUT2D eigenvalue weighted by atomic mass is 10.1. The third-order valence-corrected chi connectivity index (χ3v) is 3.17. The molecule has 16 heavy (non-hydrogen) atoms. The number of nitrogens with zero attached hydrogens (tertiary/aromatic N) is 1. The first-order chi connectivity index (χ1) is 7.95. The average Bonchev–Trinajstić information content (AvgIpc) is 3.01. The van der Waals surface area contributed by atoms with Crippen LogP contribution in [0.15, 0.2) is 58.7 Å². The van der Waals surface area contributed by atoms with Crippen molar-refractivity contribution in [3.8, 4) is 21.9 Å². The SMILES string of the molecule is c1ccc(-c2occc2-c2nccs2)cc1. The zero-order valence-corrected chi connectivity index (χ0v) is 9.28.